The molecular formula is C12H16N2O3. The third-order valence-electron chi connectivity index (χ3n) is 2.23. The van der Waals surface area contributed by atoms with Crippen LogP contribution in [0.5, 0.6) is 0 Å². The second-order valence-electron chi connectivity index (χ2n) is 3.61. The predicted octanol–water partition coefficient (Wildman–Crippen LogP) is -0.0866. The molecule has 92 valence electrons. The second-order valence-corrected chi connectivity index (χ2v) is 3.61. The number of carbonyl (C=O) groups is 2. The number of hydrogen-bond acceptors (Lipinski definition) is 3. The van der Waals surface area contributed by atoms with Crippen LogP contribution in [0.25, 0.3) is 0 Å². The zero-order valence-corrected chi connectivity index (χ0v) is 9.64. The molecule has 0 fully saturated rings. The van der Waals surface area contributed by atoms with Gasteiger partial charge in [-0.2, -0.15) is 0 Å². The van der Waals surface area contributed by atoms with Crippen molar-refractivity contribution in [2.75, 3.05) is 13.6 Å². The van der Waals surface area contributed by atoms with Crippen molar-refractivity contribution < 1.29 is 14.7 Å². The SMILES string of the molecule is CNC(=O)CC(O)CNC(=O)c1ccccc1. The lowest BCUT2D eigenvalue weighted by Gasteiger charge is -2.10. The second kappa shape index (κ2) is 6.65. The summed E-state index contributed by atoms with van der Waals surface area (Å²) in [5.74, 6) is -0.520. The van der Waals surface area contributed by atoms with Crippen LogP contribution in [-0.4, -0.2) is 36.6 Å². The highest BCUT2D eigenvalue weighted by Crippen LogP contribution is 1.98. The number of hydrogen-bond donors (Lipinski definition) is 3. The maximum absolute atomic E-state index is 11.6. The van der Waals surface area contributed by atoms with Gasteiger partial charge in [-0.25, -0.2) is 0 Å². The van der Waals surface area contributed by atoms with Gasteiger partial charge in [0.25, 0.3) is 5.91 Å². The van der Waals surface area contributed by atoms with Crippen LogP contribution < -0.4 is 10.6 Å². The van der Waals surface area contributed by atoms with Crippen molar-refractivity contribution >= 4 is 11.8 Å². The molecule has 0 saturated heterocycles. The van der Waals surface area contributed by atoms with E-state index in [2.05, 4.69) is 10.6 Å². The first-order valence-electron chi connectivity index (χ1n) is 5.35. The smallest absolute Gasteiger partial charge is 0.251 e. The van der Waals surface area contributed by atoms with Crippen LogP contribution in [0.2, 0.25) is 0 Å². The molecule has 1 rings (SSSR count). The number of nitrogens with one attached hydrogen (secondary N) is 2. The van der Waals surface area contributed by atoms with Crippen molar-refractivity contribution in [1.82, 2.24) is 10.6 Å². The van der Waals surface area contributed by atoms with E-state index in [-0.39, 0.29) is 24.8 Å². The summed E-state index contributed by atoms with van der Waals surface area (Å²) in [5.41, 5.74) is 0.527. The van der Waals surface area contributed by atoms with Gasteiger partial charge < -0.3 is 15.7 Å². The molecule has 0 aromatic heterocycles. The van der Waals surface area contributed by atoms with E-state index in [1.54, 1.807) is 24.3 Å². The van der Waals surface area contributed by atoms with Crippen molar-refractivity contribution in [3.05, 3.63) is 35.9 Å². The van der Waals surface area contributed by atoms with E-state index in [1.165, 1.54) is 7.05 Å². The standard InChI is InChI=1S/C12H16N2O3/c1-13-11(16)7-10(15)8-14-12(17)9-5-3-2-4-6-9/h2-6,10,15H,7-8H2,1H3,(H,13,16)(H,14,17). The normalized spacial score (nSPS) is 11.6. The zero-order chi connectivity index (χ0) is 12.7. The molecule has 0 spiro atoms. The number of benzene rings is 1. The largest absolute Gasteiger partial charge is 0.391 e. The quantitative estimate of drug-likeness (QED) is 0.668. The first kappa shape index (κ1) is 13.2. The van der Waals surface area contributed by atoms with E-state index in [4.69, 9.17) is 0 Å². The molecule has 5 nitrogen and oxygen atoms in total. The minimum atomic E-state index is -0.873. The maximum Gasteiger partial charge on any atom is 0.251 e. The zero-order valence-electron chi connectivity index (χ0n) is 9.64. The Bertz CT molecular complexity index is 379. The van der Waals surface area contributed by atoms with Crippen LogP contribution in [0.1, 0.15) is 16.8 Å². The van der Waals surface area contributed by atoms with Gasteiger partial charge >= 0.3 is 0 Å². The first-order valence-corrected chi connectivity index (χ1v) is 5.35. The third-order valence-corrected chi connectivity index (χ3v) is 2.23. The fraction of sp³-hybridized carbons (Fsp3) is 0.333. The monoisotopic (exact) mass is 236 g/mol. The number of rotatable bonds is 5. The molecule has 0 aliphatic carbocycles. The predicted molar refractivity (Wildman–Crippen MR) is 63.5 cm³/mol. The fourth-order valence-corrected chi connectivity index (χ4v) is 1.29. The van der Waals surface area contributed by atoms with Gasteiger partial charge in [0.2, 0.25) is 5.91 Å². The number of aliphatic hydroxyl groups is 1. The van der Waals surface area contributed by atoms with E-state index >= 15 is 0 Å². The minimum absolute atomic E-state index is 0.0223. The number of carbonyl (C=O) groups excluding carboxylic acids is 2. The summed E-state index contributed by atoms with van der Waals surface area (Å²) in [6, 6.07) is 8.70. The summed E-state index contributed by atoms with van der Waals surface area (Å²) >= 11 is 0. The summed E-state index contributed by atoms with van der Waals surface area (Å²) in [7, 11) is 1.50. The van der Waals surface area contributed by atoms with Gasteiger partial charge in [-0.1, -0.05) is 18.2 Å². The van der Waals surface area contributed by atoms with Crippen LogP contribution in [0.4, 0.5) is 0 Å². The molecule has 0 radical (unpaired) electrons. The van der Waals surface area contributed by atoms with E-state index in [1.807, 2.05) is 6.07 Å². The highest BCUT2D eigenvalue weighted by molar-refractivity contribution is 5.94. The van der Waals surface area contributed by atoms with Gasteiger partial charge in [0.05, 0.1) is 12.5 Å². The molecule has 3 N–H and O–H groups in total. The lowest BCUT2D eigenvalue weighted by molar-refractivity contribution is -0.122. The Hall–Kier alpha value is -1.88. The Morgan fingerprint density at radius 1 is 1.29 bits per heavy atom. The molecule has 0 heterocycles. The maximum atomic E-state index is 11.6. The Morgan fingerprint density at radius 3 is 2.53 bits per heavy atom. The lowest BCUT2D eigenvalue weighted by atomic mass is 10.2. The van der Waals surface area contributed by atoms with Gasteiger partial charge in [0.15, 0.2) is 0 Å². The lowest BCUT2D eigenvalue weighted by Crippen LogP contribution is -2.35. The molecule has 1 aromatic carbocycles. The summed E-state index contributed by atoms with van der Waals surface area (Å²) in [6.07, 6.45) is -0.895. The van der Waals surface area contributed by atoms with Crippen LogP contribution in [0, 0.1) is 0 Å². The molecule has 0 aliphatic rings. The topological polar surface area (TPSA) is 78.4 Å². The van der Waals surface area contributed by atoms with Crippen LogP contribution >= 0.6 is 0 Å². The average molecular weight is 236 g/mol. The van der Waals surface area contributed by atoms with Crippen molar-refractivity contribution in [3.63, 3.8) is 0 Å². The summed E-state index contributed by atoms with van der Waals surface area (Å²) in [6.45, 7) is 0.0567. The van der Waals surface area contributed by atoms with Gasteiger partial charge in [0.1, 0.15) is 0 Å². The average Bonchev–Trinajstić information content (AvgIpc) is 2.36. The summed E-state index contributed by atoms with van der Waals surface area (Å²) in [5, 5.41) is 14.4. The molecule has 0 aliphatic heterocycles. The highest BCUT2D eigenvalue weighted by Gasteiger charge is 2.11. The molecule has 0 saturated carbocycles. The molecule has 2 amide bonds. The van der Waals surface area contributed by atoms with Gasteiger partial charge in [-0.05, 0) is 12.1 Å². The Labute approximate surface area is 99.8 Å². The Balaban J connectivity index is 2.36. The number of aliphatic hydroxyl groups excluding tert-OH is 1. The molecular weight excluding hydrogens is 220 g/mol. The van der Waals surface area contributed by atoms with E-state index in [0.29, 0.717) is 5.56 Å². The Morgan fingerprint density at radius 2 is 1.94 bits per heavy atom. The van der Waals surface area contributed by atoms with Gasteiger partial charge in [-0.15, -0.1) is 0 Å². The van der Waals surface area contributed by atoms with E-state index in [9.17, 15) is 14.7 Å². The molecule has 1 atom stereocenters. The van der Waals surface area contributed by atoms with Gasteiger partial charge in [-0.3, -0.25) is 9.59 Å². The van der Waals surface area contributed by atoms with Crippen molar-refractivity contribution in [1.29, 1.82) is 0 Å². The molecule has 5 heteroatoms. The summed E-state index contributed by atoms with van der Waals surface area (Å²) < 4.78 is 0. The molecule has 1 aromatic rings. The Kier molecular flexibility index (Phi) is 5.16. The molecule has 1 unspecified atom stereocenters. The minimum Gasteiger partial charge on any atom is -0.391 e. The fourth-order valence-electron chi connectivity index (χ4n) is 1.29. The molecule has 0 bridgehead atoms. The summed E-state index contributed by atoms with van der Waals surface area (Å²) in [4.78, 5) is 22.5. The molecule has 17 heavy (non-hydrogen) atoms. The van der Waals surface area contributed by atoms with Crippen LogP contribution in [0.15, 0.2) is 30.3 Å². The van der Waals surface area contributed by atoms with Crippen molar-refractivity contribution in [2.45, 2.75) is 12.5 Å². The number of amides is 2. The van der Waals surface area contributed by atoms with Crippen LogP contribution in [0.3, 0.4) is 0 Å². The van der Waals surface area contributed by atoms with Gasteiger partial charge in [0, 0.05) is 19.2 Å². The van der Waals surface area contributed by atoms with Crippen molar-refractivity contribution in [2.24, 2.45) is 0 Å². The van der Waals surface area contributed by atoms with Crippen LogP contribution in [-0.2, 0) is 4.79 Å². The third kappa shape index (κ3) is 4.65. The van der Waals surface area contributed by atoms with E-state index in [0.717, 1.165) is 0 Å². The van der Waals surface area contributed by atoms with Crippen molar-refractivity contribution in [3.8, 4) is 0 Å². The first-order chi connectivity index (χ1) is 8.13. The highest BCUT2D eigenvalue weighted by atomic mass is 16.3. The van der Waals surface area contributed by atoms with E-state index < -0.39 is 6.10 Å².